The molecule has 15 heavy (non-hydrogen) atoms. The van der Waals surface area contributed by atoms with Crippen molar-refractivity contribution < 1.29 is 0 Å². The van der Waals surface area contributed by atoms with Crippen molar-refractivity contribution in [3.05, 3.63) is 5.01 Å². The van der Waals surface area contributed by atoms with Crippen LogP contribution in [0.15, 0.2) is 0 Å². The first kappa shape index (κ1) is 11.2. The van der Waals surface area contributed by atoms with Gasteiger partial charge in [0.25, 0.3) is 0 Å². The number of thioether (sulfide) groups is 1. The normalized spacial score (nSPS) is 28.1. The molecule has 1 fully saturated rings. The summed E-state index contributed by atoms with van der Waals surface area (Å²) in [6.07, 6.45) is 0. The minimum atomic E-state index is 0.567. The highest BCUT2D eigenvalue weighted by Gasteiger charge is 2.25. The minimum Gasteiger partial charge on any atom is -0.374 e. The van der Waals surface area contributed by atoms with E-state index in [1.807, 2.05) is 11.8 Å². The Bertz CT molecular complexity index is 328. The second kappa shape index (κ2) is 4.67. The van der Waals surface area contributed by atoms with Crippen molar-refractivity contribution in [3.63, 3.8) is 0 Å². The zero-order valence-electron chi connectivity index (χ0n) is 9.01. The maximum absolute atomic E-state index is 5.57. The van der Waals surface area contributed by atoms with Crippen molar-refractivity contribution in [2.75, 3.05) is 18.0 Å². The van der Waals surface area contributed by atoms with E-state index >= 15 is 0 Å². The average molecular weight is 244 g/mol. The second-order valence-electron chi connectivity index (χ2n) is 3.82. The first-order valence-corrected chi connectivity index (χ1v) is 6.97. The van der Waals surface area contributed by atoms with E-state index in [1.165, 1.54) is 17.1 Å². The Labute approximate surface area is 98.3 Å². The van der Waals surface area contributed by atoms with Gasteiger partial charge in [-0.25, -0.2) is 0 Å². The van der Waals surface area contributed by atoms with Gasteiger partial charge in [0.1, 0.15) is 5.01 Å². The molecule has 2 unspecified atom stereocenters. The quantitative estimate of drug-likeness (QED) is 0.853. The third kappa shape index (κ3) is 2.62. The standard InChI is InChI=1S/C9H16N4S2/c1-6-7(2)14-4-3-13(6)5-8-11-12-9(10)15-8/h6-7H,3-5H2,1-2H3,(H2,10,12). The van der Waals surface area contributed by atoms with Gasteiger partial charge in [0.05, 0.1) is 6.54 Å². The molecule has 1 aromatic rings. The van der Waals surface area contributed by atoms with E-state index < -0.39 is 0 Å². The first-order valence-electron chi connectivity index (χ1n) is 5.10. The predicted molar refractivity (Wildman–Crippen MR) is 66.1 cm³/mol. The van der Waals surface area contributed by atoms with Crippen LogP contribution >= 0.6 is 23.1 Å². The summed E-state index contributed by atoms with van der Waals surface area (Å²) >= 11 is 3.54. The van der Waals surface area contributed by atoms with Gasteiger partial charge in [-0.3, -0.25) is 4.90 Å². The molecule has 2 atom stereocenters. The van der Waals surface area contributed by atoms with Gasteiger partial charge in [0.15, 0.2) is 0 Å². The first-order chi connectivity index (χ1) is 7.16. The Morgan fingerprint density at radius 3 is 2.93 bits per heavy atom. The molecule has 0 aliphatic carbocycles. The molecule has 2 heterocycles. The van der Waals surface area contributed by atoms with Crippen molar-refractivity contribution in [2.24, 2.45) is 0 Å². The van der Waals surface area contributed by atoms with E-state index in [2.05, 4.69) is 28.9 Å². The monoisotopic (exact) mass is 244 g/mol. The number of nitrogen functional groups attached to an aromatic ring is 1. The van der Waals surface area contributed by atoms with Gasteiger partial charge in [-0.2, -0.15) is 11.8 Å². The maximum Gasteiger partial charge on any atom is 0.203 e. The molecule has 0 bridgehead atoms. The summed E-state index contributed by atoms with van der Waals surface area (Å²) in [6.45, 7) is 6.59. The van der Waals surface area contributed by atoms with Gasteiger partial charge in [-0.05, 0) is 6.92 Å². The molecule has 1 aliphatic rings. The fraction of sp³-hybridized carbons (Fsp3) is 0.778. The molecular formula is C9H16N4S2. The highest BCUT2D eigenvalue weighted by Crippen LogP contribution is 2.26. The number of rotatable bonds is 2. The second-order valence-corrected chi connectivity index (χ2v) is 6.40. The van der Waals surface area contributed by atoms with Crippen molar-refractivity contribution in [1.82, 2.24) is 15.1 Å². The Morgan fingerprint density at radius 1 is 1.47 bits per heavy atom. The summed E-state index contributed by atoms with van der Waals surface area (Å²) in [6, 6.07) is 0.605. The molecule has 0 aromatic carbocycles. The number of hydrogen-bond acceptors (Lipinski definition) is 6. The molecule has 0 spiro atoms. The van der Waals surface area contributed by atoms with Crippen LogP contribution in [0.3, 0.4) is 0 Å². The molecule has 0 saturated carbocycles. The van der Waals surface area contributed by atoms with Crippen LogP contribution in [-0.2, 0) is 6.54 Å². The summed E-state index contributed by atoms with van der Waals surface area (Å²) in [4.78, 5) is 2.46. The van der Waals surface area contributed by atoms with Crippen molar-refractivity contribution >= 4 is 28.2 Å². The summed E-state index contributed by atoms with van der Waals surface area (Å²) in [7, 11) is 0. The highest BCUT2D eigenvalue weighted by molar-refractivity contribution is 8.00. The van der Waals surface area contributed by atoms with Crippen LogP contribution in [0.4, 0.5) is 5.13 Å². The topological polar surface area (TPSA) is 55.0 Å². The minimum absolute atomic E-state index is 0.567. The SMILES string of the molecule is CC1SCCN(Cc2nnc(N)s2)C1C. The molecule has 2 N–H and O–H groups in total. The molecule has 1 saturated heterocycles. The fourth-order valence-corrected chi connectivity index (χ4v) is 3.52. The Balaban J connectivity index is 1.99. The highest BCUT2D eigenvalue weighted by atomic mass is 32.2. The number of hydrogen-bond donors (Lipinski definition) is 1. The Kier molecular flexibility index (Phi) is 3.48. The van der Waals surface area contributed by atoms with Crippen LogP contribution in [0, 0.1) is 0 Å². The summed E-state index contributed by atoms with van der Waals surface area (Å²) in [5, 5.41) is 10.2. The molecule has 2 rings (SSSR count). The van der Waals surface area contributed by atoms with E-state index in [-0.39, 0.29) is 0 Å². The number of anilines is 1. The van der Waals surface area contributed by atoms with Crippen LogP contribution in [0.2, 0.25) is 0 Å². The molecule has 0 amide bonds. The lowest BCUT2D eigenvalue weighted by molar-refractivity contribution is 0.204. The fourth-order valence-electron chi connectivity index (χ4n) is 1.72. The van der Waals surface area contributed by atoms with E-state index in [1.54, 1.807) is 0 Å². The van der Waals surface area contributed by atoms with Crippen molar-refractivity contribution in [2.45, 2.75) is 31.7 Å². The van der Waals surface area contributed by atoms with E-state index in [0.717, 1.165) is 18.1 Å². The van der Waals surface area contributed by atoms with Gasteiger partial charge in [0.2, 0.25) is 5.13 Å². The van der Waals surface area contributed by atoms with Gasteiger partial charge < -0.3 is 5.73 Å². The number of nitrogens with two attached hydrogens (primary N) is 1. The molecular weight excluding hydrogens is 228 g/mol. The zero-order chi connectivity index (χ0) is 10.8. The van der Waals surface area contributed by atoms with Gasteiger partial charge >= 0.3 is 0 Å². The largest absolute Gasteiger partial charge is 0.374 e. The van der Waals surface area contributed by atoms with Crippen LogP contribution in [0.25, 0.3) is 0 Å². The van der Waals surface area contributed by atoms with E-state index in [4.69, 9.17) is 5.73 Å². The van der Waals surface area contributed by atoms with Crippen molar-refractivity contribution in [3.8, 4) is 0 Å². The lowest BCUT2D eigenvalue weighted by atomic mass is 10.2. The molecule has 84 valence electrons. The summed E-state index contributed by atoms with van der Waals surface area (Å²) in [5.41, 5.74) is 5.57. The van der Waals surface area contributed by atoms with Crippen LogP contribution in [-0.4, -0.2) is 38.7 Å². The molecule has 0 radical (unpaired) electrons. The van der Waals surface area contributed by atoms with Crippen molar-refractivity contribution in [1.29, 1.82) is 0 Å². The van der Waals surface area contributed by atoms with E-state index in [9.17, 15) is 0 Å². The van der Waals surface area contributed by atoms with E-state index in [0.29, 0.717) is 16.4 Å². The number of nitrogens with zero attached hydrogens (tertiary/aromatic N) is 3. The van der Waals surface area contributed by atoms with Gasteiger partial charge in [-0.1, -0.05) is 18.3 Å². The third-order valence-electron chi connectivity index (χ3n) is 2.84. The summed E-state index contributed by atoms with van der Waals surface area (Å²) in [5.74, 6) is 1.21. The third-order valence-corrected chi connectivity index (χ3v) is 4.91. The molecule has 1 aliphatic heterocycles. The van der Waals surface area contributed by atoms with Gasteiger partial charge in [-0.15, -0.1) is 10.2 Å². The van der Waals surface area contributed by atoms with Gasteiger partial charge in [0, 0.05) is 23.6 Å². The van der Waals surface area contributed by atoms with Crippen LogP contribution in [0.5, 0.6) is 0 Å². The lowest BCUT2D eigenvalue weighted by Gasteiger charge is -2.36. The average Bonchev–Trinajstić information content (AvgIpc) is 2.59. The molecule has 1 aromatic heterocycles. The number of aromatic nitrogens is 2. The molecule has 4 nitrogen and oxygen atoms in total. The van der Waals surface area contributed by atoms with Crippen LogP contribution < -0.4 is 5.73 Å². The smallest absolute Gasteiger partial charge is 0.203 e. The predicted octanol–water partition coefficient (Wildman–Crippen LogP) is 1.45. The Hall–Kier alpha value is -0.330. The summed E-state index contributed by atoms with van der Waals surface area (Å²) < 4.78 is 0. The lowest BCUT2D eigenvalue weighted by Crippen LogP contribution is -2.43. The molecule has 6 heteroatoms. The maximum atomic E-state index is 5.57. The Morgan fingerprint density at radius 2 is 2.27 bits per heavy atom. The van der Waals surface area contributed by atoms with Crippen LogP contribution in [0.1, 0.15) is 18.9 Å². The zero-order valence-corrected chi connectivity index (χ0v) is 10.6.